The fourth-order valence-corrected chi connectivity index (χ4v) is 3.89. The highest BCUT2D eigenvalue weighted by atomic mass is 16.5. The molecule has 0 aliphatic carbocycles. The van der Waals surface area contributed by atoms with Crippen LogP contribution in [0.4, 0.5) is 16.3 Å². The Morgan fingerprint density at radius 3 is 2.67 bits per heavy atom. The lowest BCUT2D eigenvalue weighted by molar-refractivity contribution is 0.122. The van der Waals surface area contributed by atoms with Gasteiger partial charge >= 0.3 is 6.03 Å². The number of carbonyl (C=O) groups excluding carboxylic acids is 1. The Morgan fingerprint density at radius 2 is 1.90 bits per heavy atom. The highest BCUT2D eigenvalue weighted by Gasteiger charge is 2.27. The average Bonchev–Trinajstić information content (AvgIpc) is 3.29. The van der Waals surface area contributed by atoms with Crippen molar-refractivity contribution in [1.29, 1.82) is 0 Å². The molecule has 2 aromatic heterocycles. The second-order valence-electron chi connectivity index (χ2n) is 7.27. The maximum Gasteiger partial charge on any atom is 0.318 e. The van der Waals surface area contributed by atoms with Gasteiger partial charge < -0.3 is 24.8 Å². The smallest absolute Gasteiger partial charge is 0.318 e. The van der Waals surface area contributed by atoms with Crippen molar-refractivity contribution >= 4 is 17.5 Å². The number of amides is 2. The van der Waals surface area contributed by atoms with E-state index in [1.54, 1.807) is 7.05 Å². The molecule has 0 radical (unpaired) electrons. The van der Waals surface area contributed by atoms with E-state index in [2.05, 4.69) is 25.1 Å². The maximum atomic E-state index is 11.5. The molecule has 0 bridgehead atoms. The Bertz CT molecular complexity index is 1070. The molecule has 30 heavy (non-hydrogen) atoms. The van der Waals surface area contributed by atoms with E-state index < -0.39 is 0 Å². The summed E-state index contributed by atoms with van der Waals surface area (Å²) in [5, 5.41) is 5.31. The third-order valence-corrected chi connectivity index (χ3v) is 5.45. The van der Waals surface area contributed by atoms with Gasteiger partial charge in [-0.3, -0.25) is 0 Å². The summed E-state index contributed by atoms with van der Waals surface area (Å²) in [6, 6.07) is 7.29. The molecule has 2 amide bonds. The lowest BCUT2D eigenvalue weighted by atomic mass is 10.0. The molecule has 5 rings (SSSR count). The van der Waals surface area contributed by atoms with Crippen molar-refractivity contribution in [3.63, 3.8) is 0 Å². The quantitative estimate of drug-likeness (QED) is 0.693. The van der Waals surface area contributed by atoms with Crippen molar-refractivity contribution in [2.24, 2.45) is 0 Å². The molecule has 2 N–H and O–H groups in total. The molecular formula is C21H23N7O2. The number of hydrogen-bond acceptors (Lipinski definition) is 6. The summed E-state index contributed by atoms with van der Waals surface area (Å²) in [5.74, 6) is 2.51. The van der Waals surface area contributed by atoms with Crippen LogP contribution in [0.15, 0.2) is 36.7 Å². The van der Waals surface area contributed by atoms with Gasteiger partial charge in [0.2, 0.25) is 0 Å². The summed E-state index contributed by atoms with van der Waals surface area (Å²) in [4.78, 5) is 28.2. The second kappa shape index (κ2) is 7.75. The summed E-state index contributed by atoms with van der Waals surface area (Å²) < 4.78 is 7.67. The number of carbonyl (C=O) groups is 1. The van der Waals surface area contributed by atoms with Crippen molar-refractivity contribution in [3.8, 4) is 22.9 Å². The number of aryl methyl sites for hydroxylation is 1. The Kier molecular flexibility index (Phi) is 4.80. The third-order valence-electron chi connectivity index (χ3n) is 5.45. The van der Waals surface area contributed by atoms with Crippen LogP contribution >= 0.6 is 0 Å². The lowest BCUT2D eigenvalue weighted by Gasteiger charge is -2.31. The molecular weight excluding hydrogens is 382 g/mol. The van der Waals surface area contributed by atoms with Gasteiger partial charge in [-0.2, -0.15) is 0 Å². The number of nitrogens with one attached hydrogen (secondary N) is 2. The van der Waals surface area contributed by atoms with E-state index >= 15 is 0 Å². The van der Waals surface area contributed by atoms with Crippen LogP contribution in [0.1, 0.15) is 5.56 Å². The molecule has 1 fully saturated rings. The number of ether oxygens (including phenoxy) is 1. The molecule has 154 valence electrons. The number of aromatic nitrogens is 4. The predicted octanol–water partition coefficient (Wildman–Crippen LogP) is 2.15. The van der Waals surface area contributed by atoms with E-state index in [1.807, 2.05) is 36.7 Å². The molecule has 0 saturated carbocycles. The zero-order valence-corrected chi connectivity index (χ0v) is 16.8. The minimum atomic E-state index is -0.255. The van der Waals surface area contributed by atoms with Gasteiger partial charge in [-0.05, 0) is 30.7 Å². The molecule has 0 unspecified atom stereocenters. The van der Waals surface area contributed by atoms with E-state index in [0.717, 1.165) is 54.5 Å². The molecule has 2 aliphatic rings. The minimum Gasteiger partial charge on any atom is -0.378 e. The van der Waals surface area contributed by atoms with Crippen molar-refractivity contribution in [3.05, 3.63) is 42.2 Å². The summed E-state index contributed by atoms with van der Waals surface area (Å²) in [7, 11) is 1.59. The van der Waals surface area contributed by atoms with Crippen LogP contribution in [0.25, 0.3) is 22.9 Å². The van der Waals surface area contributed by atoms with Crippen LogP contribution in [-0.2, 0) is 17.7 Å². The van der Waals surface area contributed by atoms with Crippen LogP contribution < -0.4 is 15.5 Å². The first kappa shape index (κ1) is 18.6. The van der Waals surface area contributed by atoms with E-state index in [-0.39, 0.29) is 6.03 Å². The van der Waals surface area contributed by atoms with Crippen molar-refractivity contribution in [2.75, 3.05) is 43.6 Å². The largest absolute Gasteiger partial charge is 0.378 e. The Balaban J connectivity index is 1.57. The highest BCUT2D eigenvalue weighted by Crippen LogP contribution is 2.35. The van der Waals surface area contributed by atoms with Gasteiger partial charge in [0.15, 0.2) is 11.6 Å². The molecule has 1 saturated heterocycles. The van der Waals surface area contributed by atoms with Gasteiger partial charge in [0.25, 0.3) is 0 Å². The number of nitrogens with zero attached hydrogens (tertiary/aromatic N) is 5. The number of morpholine rings is 1. The molecule has 9 heteroatoms. The Labute approximate surface area is 174 Å². The monoisotopic (exact) mass is 405 g/mol. The first-order valence-corrected chi connectivity index (χ1v) is 10.1. The first-order chi connectivity index (χ1) is 14.7. The van der Waals surface area contributed by atoms with Crippen LogP contribution in [0.2, 0.25) is 0 Å². The van der Waals surface area contributed by atoms with Crippen LogP contribution in [0.3, 0.4) is 0 Å². The van der Waals surface area contributed by atoms with Crippen molar-refractivity contribution < 1.29 is 9.53 Å². The predicted molar refractivity (Wildman–Crippen MR) is 114 cm³/mol. The lowest BCUT2D eigenvalue weighted by Crippen LogP contribution is -2.38. The molecule has 9 nitrogen and oxygen atoms in total. The summed E-state index contributed by atoms with van der Waals surface area (Å²) in [5.41, 5.74) is 3.64. The zero-order chi connectivity index (χ0) is 20.5. The van der Waals surface area contributed by atoms with Crippen molar-refractivity contribution in [2.45, 2.75) is 13.0 Å². The van der Waals surface area contributed by atoms with E-state index in [1.165, 1.54) is 0 Å². The number of benzene rings is 1. The minimum absolute atomic E-state index is 0.255. The molecule has 1 aromatic carbocycles. The van der Waals surface area contributed by atoms with Gasteiger partial charge in [0.1, 0.15) is 11.5 Å². The van der Waals surface area contributed by atoms with E-state index in [9.17, 15) is 4.79 Å². The van der Waals surface area contributed by atoms with Gasteiger partial charge in [-0.1, -0.05) is 0 Å². The van der Waals surface area contributed by atoms with Crippen LogP contribution in [0, 0.1) is 0 Å². The fraction of sp³-hybridized carbons (Fsp3) is 0.333. The zero-order valence-electron chi connectivity index (χ0n) is 16.8. The number of hydrogen-bond donors (Lipinski definition) is 2. The molecule has 0 spiro atoms. The molecule has 4 heterocycles. The highest BCUT2D eigenvalue weighted by molar-refractivity contribution is 5.89. The average molecular weight is 405 g/mol. The fourth-order valence-electron chi connectivity index (χ4n) is 3.89. The normalized spacial score (nSPS) is 15.3. The summed E-state index contributed by atoms with van der Waals surface area (Å²) >= 11 is 0. The van der Waals surface area contributed by atoms with E-state index in [4.69, 9.17) is 14.7 Å². The first-order valence-electron chi connectivity index (χ1n) is 10.1. The number of anilines is 2. The van der Waals surface area contributed by atoms with Crippen LogP contribution in [0.5, 0.6) is 0 Å². The maximum absolute atomic E-state index is 11.5. The molecule has 2 aliphatic heterocycles. The number of rotatable bonds is 3. The van der Waals surface area contributed by atoms with Gasteiger partial charge in [0, 0.05) is 55.9 Å². The molecule has 0 atom stereocenters. The standard InChI is InChI=1S/C21H23N7O2/c1-22-21(29)24-15-4-2-14(3-5-15)18-25-17-16(6-8-27-9-7-23-20(17)27)19(26-18)28-10-12-30-13-11-28/h2-5,7,9H,6,8,10-13H2,1H3,(H2,22,24,29). The van der Waals surface area contributed by atoms with E-state index in [0.29, 0.717) is 24.7 Å². The van der Waals surface area contributed by atoms with Gasteiger partial charge in [0.05, 0.1) is 13.2 Å². The third kappa shape index (κ3) is 3.37. The summed E-state index contributed by atoms with van der Waals surface area (Å²) in [6.07, 6.45) is 4.69. The molecule has 3 aromatic rings. The van der Waals surface area contributed by atoms with Gasteiger partial charge in [-0.15, -0.1) is 0 Å². The number of fused-ring (bicyclic) bond motifs is 3. The second-order valence-corrected chi connectivity index (χ2v) is 7.27. The topological polar surface area (TPSA) is 97.2 Å². The summed E-state index contributed by atoms with van der Waals surface area (Å²) in [6.45, 7) is 3.89. The number of imidazole rings is 1. The number of urea groups is 1. The van der Waals surface area contributed by atoms with Crippen molar-refractivity contribution in [1.82, 2.24) is 24.8 Å². The Morgan fingerprint density at radius 1 is 1.10 bits per heavy atom. The van der Waals surface area contributed by atoms with Crippen LogP contribution in [-0.4, -0.2) is 58.9 Å². The Hall–Kier alpha value is -3.46. The SMILES string of the molecule is CNC(=O)Nc1ccc(-c2nc3c(c(N4CCOCC4)n2)CCn2ccnc2-3)cc1. The van der Waals surface area contributed by atoms with Gasteiger partial charge in [-0.25, -0.2) is 19.7 Å².